The molecule has 6 heteroatoms. The second-order valence-corrected chi connectivity index (χ2v) is 7.22. The number of hydrogen-bond donors (Lipinski definition) is 0. The van der Waals surface area contributed by atoms with Crippen molar-refractivity contribution in [1.82, 2.24) is 19.5 Å². The Hall–Kier alpha value is -2.89. The largest absolute Gasteiger partial charge is 0.484 e. The third-order valence-corrected chi connectivity index (χ3v) is 5.16. The fourth-order valence-corrected chi connectivity index (χ4v) is 3.74. The van der Waals surface area contributed by atoms with E-state index < -0.39 is 0 Å². The fourth-order valence-electron chi connectivity index (χ4n) is 3.74. The summed E-state index contributed by atoms with van der Waals surface area (Å²) in [5.41, 5.74) is 3.08. The molecule has 1 aliphatic rings. The summed E-state index contributed by atoms with van der Waals surface area (Å²) in [6.45, 7) is 5.54. The number of carbonyl (C=O) groups excluding carboxylic acids is 1. The highest BCUT2D eigenvalue weighted by Gasteiger charge is 2.28. The van der Waals surface area contributed by atoms with Crippen LogP contribution in [0.2, 0.25) is 0 Å². The van der Waals surface area contributed by atoms with Crippen LogP contribution in [-0.4, -0.2) is 45.1 Å². The molecule has 3 heterocycles. The van der Waals surface area contributed by atoms with E-state index in [1.165, 1.54) is 5.56 Å². The number of piperidine rings is 1. The highest BCUT2D eigenvalue weighted by atomic mass is 16.5. The molecule has 2 aromatic heterocycles. The summed E-state index contributed by atoms with van der Waals surface area (Å²) in [6.07, 6.45) is 3.95. The average molecular weight is 364 g/mol. The molecular weight excluding hydrogens is 340 g/mol. The molecule has 0 bridgehead atoms. The van der Waals surface area contributed by atoms with Crippen LogP contribution in [0.1, 0.15) is 35.7 Å². The quantitative estimate of drug-likeness (QED) is 0.714. The predicted octanol–water partition coefficient (Wildman–Crippen LogP) is 3.13. The Labute approximate surface area is 158 Å². The predicted molar refractivity (Wildman–Crippen MR) is 103 cm³/mol. The maximum absolute atomic E-state index is 12.7. The van der Waals surface area contributed by atoms with Gasteiger partial charge in [0.05, 0.1) is 0 Å². The number of hydrogen-bond acceptors (Lipinski definition) is 4. The molecule has 1 fully saturated rings. The smallest absolute Gasteiger partial charge is 0.260 e. The first-order valence-electron chi connectivity index (χ1n) is 9.39. The number of ether oxygens (including phenoxy) is 1. The van der Waals surface area contributed by atoms with Crippen molar-refractivity contribution in [1.29, 1.82) is 0 Å². The number of benzene rings is 1. The van der Waals surface area contributed by atoms with Crippen LogP contribution < -0.4 is 4.74 Å². The molecule has 1 aromatic carbocycles. The minimum atomic E-state index is 0.0218. The highest BCUT2D eigenvalue weighted by molar-refractivity contribution is 5.78. The van der Waals surface area contributed by atoms with Gasteiger partial charge in [-0.3, -0.25) is 9.20 Å². The van der Waals surface area contributed by atoms with Crippen molar-refractivity contribution in [3.8, 4) is 5.75 Å². The van der Waals surface area contributed by atoms with Gasteiger partial charge in [-0.25, -0.2) is 0 Å². The topological polar surface area (TPSA) is 59.7 Å². The van der Waals surface area contributed by atoms with Crippen molar-refractivity contribution < 1.29 is 9.53 Å². The first kappa shape index (κ1) is 17.5. The number of amides is 1. The standard InChI is InChI=1S/C21H24N4O2/c1-15-8-9-18(16(2)12-15)27-14-20(26)24-10-5-6-17(13-24)21-23-22-19-7-3-4-11-25(19)21/h3-4,7-9,11-12,17H,5-6,10,13-14H2,1-2H3. The summed E-state index contributed by atoms with van der Waals surface area (Å²) < 4.78 is 7.80. The lowest BCUT2D eigenvalue weighted by atomic mass is 9.97. The van der Waals surface area contributed by atoms with Gasteiger partial charge in [-0.15, -0.1) is 10.2 Å². The second-order valence-electron chi connectivity index (χ2n) is 7.22. The molecule has 4 rings (SSSR count). The summed E-state index contributed by atoms with van der Waals surface area (Å²) >= 11 is 0. The maximum atomic E-state index is 12.7. The molecule has 1 atom stereocenters. The van der Waals surface area contributed by atoms with Crippen LogP contribution in [0, 0.1) is 13.8 Å². The number of aromatic nitrogens is 3. The molecule has 1 amide bonds. The number of pyridine rings is 1. The van der Waals surface area contributed by atoms with Crippen LogP contribution in [0.4, 0.5) is 0 Å². The Morgan fingerprint density at radius 1 is 1.22 bits per heavy atom. The van der Waals surface area contributed by atoms with Crippen LogP contribution in [-0.2, 0) is 4.79 Å². The SMILES string of the molecule is Cc1ccc(OCC(=O)N2CCCC(c3nnc4ccccn34)C2)c(C)c1. The molecule has 3 aromatic rings. The fraction of sp³-hybridized carbons (Fsp3) is 0.381. The molecule has 1 unspecified atom stereocenters. The van der Waals surface area contributed by atoms with Gasteiger partial charge in [-0.2, -0.15) is 0 Å². The van der Waals surface area contributed by atoms with Gasteiger partial charge in [0.25, 0.3) is 5.91 Å². The molecular formula is C21H24N4O2. The number of nitrogens with zero attached hydrogens (tertiary/aromatic N) is 4. The summed E-state index contributed by atoms with van der Waals surface area (Å²) in [6, 6.07) is 11.9. The molecule has 0 radical (unpaired) electrons. The van der Waals surface area contributed by atoms with E-state index in [-0.39, 0.29) is 18.4 Å². The number of likely N-dealkylation sites (tertiary alicyclic amines) is 1. The van der Waals surface area contributed by atoms with Crippen LogP contribution in [0.15, 0.2) is 42.6 Å². The number of fused-ring (bicyclic) bond motifs is 1. The summed E-state index contributed by atoms with van der Waals surface area (Å²) in [5.74, 6) is 1.92. The normalized spacial score (nSPS) is 17.3. The van der Waals surface area contributed by atoms with Crippen LogP contribution in [0.5, 0.6) is 5.75 Å². The summed E-state index contributed by atoms with van der Waals surface area (Å²) in [7, 11) is 0. The van der Waals surface area contributed by atoms with Crippen molar-refractivity contribution >= 4 is 11.6 Å². The Kier molecular flexibility index (Phi) is 4.79. The van der Waals surface area contributed by atoms with E-state index in [4.69, 9.17) is 4.74 Å². The first-order chi connectivity index (χ1) is 13.1. The van der Waals surface area contributed by atoms with Crippen molar-refractivity contribution in [2.24, 2.45) is 0 Å². The third-order valence-electron chi connectivity index (χ3n) is 5.16. The molecule has 27 heavy (non-hydrogen) atoms. The third kappa shape index (κ3) is 3.65. The zero-order valence-electron chi connectivity index (χ0n) is 15.8. The molecule has 1 aliphatic heterocycles. The van der Waals surface area contributed by atoms with E-state index >= 15 is 0 Å². The van der Waals surface area contributed by atoms with E-state index in [1.54, 1.807) is 0 Å². The van der Waals surface area contributed by atoms with Gasteiger partial charge in [-0.1, -0.05) is 23.8 Å². The Morgan fingerprint density at radius 2 is 2.11 bits per heavy atom. The van der Waals surface area contributed by atoms with Gasteiger partial charge in [0, 0.05) is 25.2 Å². The van der Waals surface area contributed by atoms with Crippen molar-refractivity contribution in [3.63, 3.8) is 0 Å². The van der Waals surface area contributed by atoms with E-state index in [0.717, 1.165) is 42.2 Å². The van der Waals surface area contributed by atoms with Gasteiger partial charge in [0.1, 0.15) is 11.6 Å². The molecule has 6 nitrogen and oxygen atoms in total. The lowest BCUT2D eigenvalue weighted by Gasteiger charge is -2.32. The minimum Gasteiger partial charge on any atom is -0.484 e. The maximum Gasteiger partial charge on any atom is 0.260 e. The van der Waals surface area contributed by atoms with Gasteiger partial charge in [-0.05, 0) is 50.5 Å². The molecule has 0 saturated carbocycles. The average Bonchev–Trinajstić information content (AvgIpc) is 3.11. The van der Waals surface area contributed by atoms with Gasteiger partial charge in [0.15, 0.2) is 12.3 Å². The summed E-state index contributed by atoms with van der Waals surface area (Å²) in [5, 5.41) is 8.61. The van der Waals surface area contributed by atoms with Crippen molar-refractivity contribution in [3.05, 3.63) is 59.5 Å². The number of carbonyl (C=O) groups is 1. The van der Waals surface area contributed by atoms with E-state index in [9.17, 15) is 4.79 Å². The molecule has 1 saturated heterocycles. The van der Waals surface area contributed by atoms with E-state index in [0.29, 0.717) is 6.54 Å². The summed E-state index contributed by atoms with van der Waals surface area (Å²) in [4.78, 5) is 14.6. The number of rotatable bonds is 4. The van der Waals surface area contributed by atoms with E-state index in [1.807, 2.05) is 59.7 Å². The Balaban J connectivity index is 1.42. The lowest BCUT2D eigenvalue weighted by molar-refractivity contribution is -0.134. The first-order valence-corrected chi connectivity index (χ1v) is 9.39. The van der Waals surface area contributed by atoms with E-state index in [2.05, 4.69) is 16.3 Å². The van der Waals surface area contributed by atoms with Gasteiger partial charge in [0.2, 0.25) is 0 Å². The molecule has 0 aliphatic carbocycles. The zero-order valence-corrected chi connectivity index (χ0v) is 15.8. The van der Waals surface area contributed by atoms with Gasteiger partial charge >= 0.3 is 0 Å². The van der Waals surface area contributed by atoms with Crippen LogP contribution in [0.25, 0.3) is 5.65 Å². The highest BCUT2D eigenvalue weighted by Crippen LogP contribution is 2.26. The van der Waals surface area contributed by atoms with Crippen molar-refractivity contribution in [2.45, 2.75) is 32.6 Å². The monoisotopic (exact) mass is 364 g/mol. The Bertz CT molecular complexity index is 966. The Morgan fingerprint density at radius 3 is 2.96 bits per heavy atom. The lowest BCUT2D eigenvalue weighted by Crippen LogP contribution is -2.42. The van der Waals surface area contributed by atoms with Crippen molar-refractivity contribution in [2.75, 3.05) is 19.7 Å². The zero-order chi connectivity index (χ0) is 18.8. The minimum absolute atomic E-state index is 0.0218. The van der Waals surface area contributed by atoms with Gasteiger partial charge < -0.3 is 9.64 Å². The molecule has 140 valence electrons. The second kappa shape index (κ2) is 7.39. The van der Waals surface area contributed by atoms with Crippen LogP contribution in [0.3, 0.4) is 0 Å². The molecule has 0 N–H and O–H groups in total. The van der Waals surface area contributed by atoms with Crippen LogP contribution >= 0.6 is 0 Å². The molecule has 0 spiro atoms. The number of aryl methyl sites for hydroxylation is 2.